The normalized spacial score (nSPS) is 40.2. The van der Waals surface area contributed by atoms with Crippen molar-refractivity contribution in [1.82, 2.24) is 4.90 Å². The first-order chi connectivity index (χ1) is 13.9. The van der Waals surface area contributed by atoms with Crippen molar-refractivity contribution in [1.29, 1.82) is 0 Å². The second-order valence-corrected chi connectivity index (χ2v) is 10.8. The number of carbonyl (C=O) groups is 2. The standard InChI is InChI=1S/C24H30N2O3/c1-22(6-7-22)15-2-4-16(5-3-15)24-8-9-26(13-17(24)10-24)20(27)18-11-23(12-19(18)23)14-29-21(25)28/h2-5,17-19H,6-14H2,1H3,(H2,25,28)/t17?,18-,19?,23-,24?/m1/s1. The van der Waals surface area contributed by atoms with E-state index in [0.717, 1.165) is 32.4 Å². The Morgan fingerprint density at radius 1 is 1.10 bits per heavy atom. The lowest BCUT2D eigenvalue weighted by Gasteiger charge is -2.39. The number of benzene rings is 1. The highest BCUT2D eigenvalue weighted by molar-refractivity contribution is 5.82. The molecule has 4 saturated carbocycles. The third-order valence-corrected chi connectivity index (χ3v) is 9.15. The summed E-state index contributed by atoms with van der Waals surface area (Å²) >= 11 is 0. The van der Waals surface area contributed by atoms with Gasteiger partial charge in [-0.05, 0) is 66.9 Å². The van der Waals surface area contributed by atoms with Crippen LogP contribution in [0.4, 0.5) is 4.79 Å². The molecule has 3 unspecified atom stereocenters. The van der Waals surface area contributed by atoms with Crippen LogP contribution in [0.2, 0.25) is 0 Å². The monoisotopic (exact) mass is 394 g/mol. The van der Waals surface area contributed by atoms with Crippen molar-refractivity contribution in [2.24, 2.45) is 28.9 Å². The summed E-state index contributed by atoms with van der Waals surface area (Å²) in [5, 5.41) is 0. The minimum absolute atomic E-state index is 0.0639. The van der Waals surface area contributed by atoms with Gasteiger partial charge < -0.3 is 15.4 Å². The van der Waals surface area contributed by atoms with E-state index in [2.05, 4.69) is 36.1 Å². The molecule has 1 aromatic rings. The van der Waals surface area contributed by atoms with E-state index < -0.39 is 6.09 Å². The summed E-state index contributed by atoms with van der Waals surface area (Å²) in [5.41, 5.74) is 8.86. The van der Waals surface area contributed by atoms with Crippen LogP contribution in [0.3, 0.4) is 0 Å². The molecule has 154 valence electrons. The molecule has 5 aliphatic rings. The quantitative estimate of drug-likeness (QED) is 0.832. The van der Waals surface area contributed by atoms with E-state index in [0.29, 0.717) is 35.2 Å². The van der Waals surface area contributed by atoms with Gasteiger partial charge >= 0.3 is 6.09 Å². The Morgan fingerprint density at radius 2 is 1.83 bits per heavy atom. The number of fused-ring (bicyclic) bond motifs is 2. The molecule has 1 aromatic carbocycles. The van der Waals surface area contributed by atoms with E-state index in [9.17, 15) is 9.59 Å². The van der Waals surface area contributed by atoms with Crippen LogP contribution in [-0.4, -0.2) is 36.6 Å². The van der Waals surface area contributed by atoms with Crippen molar-refractivity contribution in [2.45, 2.75) is 56.3 Å². The van der Waals surface area contributed by atoms with Gasteiger partial charge in [0.25, 0.3) is 0 Å². The highest BCUT2D eigenvalue weighted by atomic mass is 16.5. The fraction of sp³-hybridized carbons (Fsp3) is 0.667. The predicted molar refractivity (Wildman–Crippen MR) is 108 cm³/mol. The van der Waals surface area contributed by atoms with Gasteiger partial charge in [-0.2, -0.15) is 0 Å². The number of hydrogen-bond acceptors (Lipinski definition) is 3. The molecule has 5 atom stereocenters. The Kier molecular flexibility index (Phi) is 3.41. The van der Waals surface area contributed by atoms with Crippen LogP contribution in [0.15, 0.2) is 24.3 Å². The van der Waals surface area contributed by atoms with Gasteiger partial charge in [-0.25, -0.2) is 4.79 Å². The lowest BCUT2D eigenvalue weighted by molar-refractivity contribution is -0.142. The van der Waals surface area contributed by atoms with Gasteiger partial charge in [0.2, 0.25) is 5.91 Å². The molecule has 1 heterocycles. The predicted octanol–water partition coefficient (Wildman–Crippen LogP) is 3.35. The zero-order chi connectivity index (χ0) is 20.0. The first kappa shape index (κ1) is 17.8. The Bertz CT molecular complexity index is 892. The zero-order valence-corrected chi connectivity index (χ0v) is 17.2. The Balaban J connectivity index is 1.06. The lowest BCUT2D eigenvalue weighted by atomic mass is 9.74. The largest absolute Gasteiger partial charge is 0.449 e. The van der Waals surface area contributed by atoms with Crippen LogP contribution in [0.25, 0.3) is 0 Å². The number of nitrogens with zero attached hydrogens (tertiary/aromatic N) is 1. The van der Waals surface area contributed by atoms with Crippen LogP contribution in [0.5, 0.6) is 0 Å². The van der Waals surface area contributed by atoms with Crippen molar-refractivity contribution in [2.75, 3.05) is 19.7 Å². The third kappa shape index (κ3) is 2.58. The number of ether oxygens (including phenoxy) is 1. The maximum Gasteiger partial charge on any atom is 0.404 e. The van der Waals surface area contributed by atoms with Crippen LogP contribution >= 0.6 is 0 Å². The number of primary amides is 1. The first-order valence-corrected chi connectivity index (χ1v) is 11.2. The van der Waals surface area contributed by atoms with Gasteiger partial charge in [-0.1, -0.05) is 31.2 Å². The molecule has 1 aliphatic heterocycles. The fourth-order valence-corrected chi connectivity index (χ4v) is 6.53. The number of nitrogens with two attached hydrogens (primary N) is 1. The Morgan fingerprint density at radius 3 is 2.45 bits per heavy atom. The van der Waals surface area contributed by atoms with Gasteiger partial charge in [0.05, 0.1) is 6.61 Å². The Hall–Kier alpha value is -2.04. The van der Waals surface area contributed by atoms with Gasteiger partial charge in [-0.15, -0.1) is 0 Å². The van der Waals surface area contributed by atoms with Gasteiger partial charge in [0.1, 0.15) is 0 Å². The zero-order valence-electron chi connectivity index (χ0n) is 17.2. The average Bonchev–Trinajstić information content (AvgIpc) is 3.63. The first-order valence-electron chi connectivity index (χ1n) is 11.2. The van der Waals surface area contributed by atoms with Gasteiger partial charge in [0, 0.05) is 29.8 Å². The Labute approximate surface area is 172 Å². The molecule has 0 radical (unpaired) electrons. The van der Waals surface area contributed by atoms with E-state index in [1.807, 2.05) is 0 Å². The van der Waals surface area contributed by atoms with Gasteiger partial charge in [0.15, 0.2) is 0 Å². The molecule has 5 nitrogen and oxygen atoms in total. The molecule has 4 aliphatic carbocycles. The second kappa shape index (κ2) is 5.55. The molecule has 5 heteroatoms. The molecule has 0 bridgehead atoms. The number of likely N-dealkylation sites (tertiary alicyclic amines) is 1. The summed E-state index contributed by atoms with van der Waals surface area (Å²) in [6, 6.07) is 9.41. The summed E-state index contributed by atoms with van der Waals surface area (Å²) in [7, 11) is 0. The molecule has 2 amide bonds. The van der Waals surface area contributed by atoms with E-state index in [-0.39, 0.29) is 11.3 Å². The summed E-state index contributed by atoms with van der Waals surface area (Å²) in [6.45, 7) is 4.53. The number of hydrogen-bond donors (Lipinski definition) is 1. The van der Waals surface area contributed by atoms with Crippen LogP contribution in [0.1, 0.15) is 56.6 Å². The topological polar surface area (TPSA) is 72.6 Å². The summed E-state index contributed by atoms with van der Waals surface area (Å²) in [5.74, 6) is 1.48. The molecular weight excluding hydrogens is 364 g/mol. The smallest absolute Gasteiger partial charge is 0.404 e. The van der Waals surface area contributed by atoms with E-state index >= 15 is 0 Å². The minimum atomic E-state index is -0.708. The molecule has 5 fully saturated rings. The summed E-state index contributed by atoms with van der Waals surface area (Å²) in [4.78, 5) is 26.0. The number of rotatable bonds is 5. The average molecular weight is 395 g/mol. The molecule has 0 spiro atoms. The highest BCUT2D eigenvalue weighted by Gasteiger charge is 2.70. The molecule has 6 rings (SSSR count). The van der Waals surface area contributed by atoms with Crippen LogP contribution in [0, 0.1) is 23.2 Å². The van der Waals surface area contributed by atoms with E-state index in [1.54, 1.807) is 0 Å². The van der Waals surface area contributed by atoms with Crippen molar-refractivity contribution < 1.29 is 14.3 Å². The van der Waals surface area contributed by atoms with E-state index in [1.165, 1.54) is 30.4 Å². The number of carbonyl (C=O) groups excluding carboxylic acids is 2. The molecule has 0 aromatic heterocycles. The molecular formula is C24H30N2O3. The maximum atomic E-state index is 13.1. The summed E-state index contributed by atoms with van der Waals surface area (Å²) in [6.07, 6.45) is 6.09. The molecule has 1 saturated heterocycles. The molecule has 2 N–H and O–H groups in total. The van der Waals surface area contributed by atoms with Crippen molar-refractivity contribution in [3.05, 3.63) is 35.4 Å². The fourth-order valence-electron chi connectivity index (χ4n) is 6.53. The highest BCUT2D eigenvalue weighted by Crippen LogP contribution is 2.71. The minimum Gasteiger partial charge on any atom is -0.449 e. The second-order valence-electron chi connectivity index (χ2n) is 10.8. The third-order valence-electron chi connectivity index (χ3n) is 9.15. The van der Waals surface area contributed by atoms with E-state index in [4.69, 9.17) is 10.5 Å². The van der Waals surface area contributed by atoms with Gasteiger partial charge in [-0.3, -0.25) is 4.79 Å². The number of amides is 2. The van der Waals surface area contributed by atoms with Crippen molar-refractivity contribution >= 4 is 12.0 Å². The SMILES string of the molecule is CC1(c2ccc(C34CCN(C(=O)[C@@H]5C[C@]6(COC(N)=O)CC56)CC3C4)cc2)CC1. The lowest BCUT2D eigenvalue weighted by Crippen LogP contribution is -2.48. The number of piperidine rings is 1. The maximum absolute atomic E-state index is 13.1. The van der Waals surface area contributed by atoms with Crippen molar-refractivity contribution in [3.8, 4) is 0 Å². The van der Waals surface area contributed by atoms with Crippen molar-refractivity contribution in [3.63, 3.8) is 0 Å². The van der Waals surface area contributed by atoms with Crippen LogP contribution in [-0.2, 0) is 20.4 Å². The van der Waals surface area contributed by atoms with Crippen LogP contribution < -0.4 is 5.73 Å². The molecule has 29 heavy (non-hydrogen) atoms. The summed E-state index contributed by atoms with van der Waals surface area (Å²) < 4.78 is 5.00.